The normalized spacial score (nSPS) is 18.7. The molecule has 10 nitrogen and oxygen atoms in total. The molecule has 2 aromatic rings. The van der Waals surface area contributed by atoms with Crippen LogP contribution >= 0.6 is 0 Å². The van der Waals surface area contributed by atoms with E-state index in [1.807, 2.05) is 0 Å². The van der Waals surface area contributed by atoms with E-state index in [-0.39, 0.29) is 17.8 Å². The van der Waals surface area contributed by atoms with Crippen LogP contribution in [0.3, 0.4) is 0 Å². The van der Waals surface area contributed by atoms with Crippen LogP contribution in [0.25, 0.3) is 0 Å². The molecule has 0 fully saturated rings. The van der Waals surface area contributed by atoms with Gasteiger partial charge in [0.15, 0.2) is 11.5 Å². The molecule has 1 aromatic carbocycles. The van der Waals surface area contributed by atoms with Crippen molar-refractivity contribution >= 4 is 29.3 Å². The Labute approximate surface area is 148 Å². The van der Waals surface area contributed by atoms with Crippen LogP contribution in [0.2, 0.25) is 0 Å². The predicted octanol–water partition coefficient (Wildman–Crippen LogP) is 0.161. The quantitative estimate of drug-likeness (QED) is 0.607. The van der Waals surface area contributed by atoms with E-state index in [0.29, 0.717) is 34.1 Å². The lowest BCUT2D eigenvalue weighted by Gasteiger charge is -2.13. The van der Waals surface area contributed by atoms with Crippen LogP contribution in [0.5, 0.6) is 11.5 Å². The second kappa shape index (κ2) is 5.76. The highest BCUT2D eigenvalue weighted by Gasteiger charge is 2.47. The van der Waals surface area contributed by atoms with Crippen molar-refractivity contribution in [2.45, 2.75) is 12.2 Å². The predicted molar refractivity (Wildman–Crippen MR) is 91.0 cm³/mol. The molecule has 134 valence electrons. The van der Waals surface area contributed by atoms with Gasteiger partial charge in [-0.15, -0.1) is 0 Å². The van der Waals surface area contributed by atoms with Crippen LogP contribution in [-0.2, 0) is 9.59 Å². The maximum atomic E-state index is 12.2. The minimum Gasteiger partial charge on any atom is -0.471 e. The van der Waals surface area contributed by atoms with Gasteiger partial charge in [-0.1, -0.05) is 0 Å². The van der Waals surface area contributed by atoms with Gasteiger partial charge in [-0.3, -0.25) is 9.59 Å². The monoisotopic (exact) mass is 356 g/mol. The van der Waals surface area contributed by atoms with Crippen LogP contribution < -0.4 is 31.2 Å². The first-order valence-electron chi connectivity index (χ1n) is 7.86. The van der Waals surface area contributed by atoms with Crippen molar-refractivity contribution in [3.8, 4) is 11.5 Å². The minimum absolute atomic E-state index is 0.260. The van der Waals surface area contributed by atoms with E-state index in [4.69, 9.17) is 15.2 Å². The van der Waals surface area contributed by atoms with Crippen molar-refractivity contribution < 1.29 is 19.1 Å². The first-order chi connectivity index (χ1) is 12.5. The van der Waals surface area contributed by atoms with Gasteiger partial charge >= 0.3 is 0 Å². The number of rotatable bonds is 4. The van der Waals surface area contributed by atoms with Crippen LogP contribution in [0.15, 0.2) is 18.3 Å². The van der Waals surface area contributed by atoms with E-state index in [0.717, 1.165) is 0 Å². The fourth-order valence-electron chi connectivity index (χ4n) is 3.04. The highest BCUT2D eigenvalue weighted by atomic mass is 16.6. The number of anilines is 3. The molecular weight excluding hydrogens is 340 g/mol. The molecule has 2 aliphatic rings. The van der Waals surface area contributed by atoms with Crippen molar-refractivity contribution in [2.24, 2.45) is 0 Å². The summed E-state index contributed by atoms with van der Waals surface area (Å²) >= 11 is 0. The Hall–Kier alpha value is -3.56. The van der Waals surface area contributed by atoms with Crippen LogP contribution in [0.4, 0.5) is 17.5 Å². The number of nitrogens with zero attached hydrogens (tertiary/aromatic N) is 2. The largest absolute Gasteiger partial charge is 0.471 e. The van der Waals surface area contributed by atoms with Gasteiger partial charge in [-0.2, -0.15) is 4.98 Å². The SMILES string of the molecule is CNC(=O)C1Oc2c3c(Nc4nccc(N)n4)cc1c2C(C(=O)NC)O3. The lowest BCUT2D eigenvalue weighted by atomic mass is 9.99. The topological polar surface area (TPSA) is 140 Å². The van der Waals surface area contributed by atoms with Crippen molar-refractivity contribution in [1.82, 2.24) is 20.6 Å². The molecule has 2 atom stereocenters. The van der Waals surface area contributed by atoms with E-state index in [1.54, 1.807) is 12.1 Å². The molecular formula is C16H16N6O4. The van der Waals surface area contributed by atoms with Crippen LogP contribution in [0, 0.1) is 0 Å². The Balaban J connectivity index is 1.78. The summed E-state index contributed by atoms with van der Waals surface area (Å²) in [7, 11) is 3.03. The Morgan fingerprint density at radius 3 is 2.50 bits per heavy atom. The number of carbonyl (C=O) groups excluding carboxylic acids is 2. The number of hydrogen-bond donors (Lipinski definition) is 4. The standard InChI is InChI=1S/C16H16N6O4/c1-18-14(23)10-6-5-7(21-16-20-4-3-8(17)22-16)11-12(25-10)9(6)13(26-11)15(24)19-2/h3-5,10,13H,1-2H3,(H,18,23)(H,19,24)(H3,17,20,21,22). The number of nitrogens with two attached hydrogens (primary N) is 1. The summed E-state index contributed by atoms with van der Waals surface area (Å²) in [5.74, 6) is 0.611. The Morgan fingerprint density at radius 1 is 1.12 bits per heavy atom. The second-order valence-corrected chi connectivity index (χ2v) is 5.74. The molecule has 0 spiro atoms. The molecule has 0 saturated heterocycles. The number of nitrogens with one attached hydrogen (secondary N) is 3. The van der Waals surface area contributed by atoms with Crippen molar-refractivity contribution in [1.29, 1.82) is 0 Å². The molecule has 5 N–H and O–H groups in total. The van der Waals surface area contributed by atoms with Gasteiger partial charge < -0.3 is 31.2 Å². The zero-order valence-corrected chi connectivity index (χ0v) is 14.0. The van der Waals surface area contributed by atoms with Gasteiger partial charge in [0, 0.05) is 25.9 Å². The smallest absolute Gasteiger partial charge is 0.265 e. The van der Waals surface area contributed by atoms with Gasteiger partial charge in [0.05, 0.1) is 11.3 Å². The molecule has 3 heterocycles. The van der Waals surface area contributed by atoms with Crippen molar-refractivity contribution in [2.75, 3.05) is 25.1 Å². The van der Waals surface area contributed by atoms with Gasteiger partial charge in [0.25, 0.3) is 11.8 Å². The van der Waals surface area contributed by atoms with E-state index in [9.17, 15) is 9.59 Å². The molecule has 1 aromatic heterocycles. The molecule has 26 heavy (non-hydrogen) atoms. The Morgan fingerprint density at radius 2 is 1.81 bits per heavy atom. The zero-order valence-electron chi connectivity index (χ0n) is 14.0. The van der Waals surface area contributed by atoms with Gasteiger partial charge in [-0.25, -0.2) is 4.98 Å². The number of benzene rings is 1. The highest BCUT2D eigenvalue weighted by molar-refractivity contribution is 5.93. The first kappa shape index (κ1) is 15.9. The van der Waals surface area contributed by atoms with Crippen LogP contribution in [-0.4, -0.2) is 35.9 Å². The number of nitrogen functional groups attached to an aromatic ring is 1. The third kappa shape index (κ3) is 2.26. The summed E-state index contributed by atoms with van der Waals surface area (Å²) in [5, 5.41) is 8.11. The highest BCUT2D eigenvalue weighted by Crippen LogP contribution is 2.58. The maximum Gasteiger partial charge on any atom is 0.265 e. The zero-order chi connectivity index (χ0) is 18.4. The summed E-state index contributed by atoms with van der Waals surface area (Å²) in [6.07, 6.45) is -0.221. The Kier molecular flexibility index (Phi) is 3.53. The Bertz CT molecular complexity index is 931. The molecule has 4 rings (SSSR count). The number of amides is 2. The lowest BCUT2D eigenvalue weighted by Crippen LogP contribution is -2.30. The fourth-order valence-corrected chi connectivity index (χ4v) is 3.04. The number of aromatic nitrogens is 2. The van der Waals surface area contributed by atoms with E-state index < -0.39 is 12.2 Å². The van der Waals surface area contributed by atoms with Crippen LogP contribution in [0.1, 0.15) is 23.3 Å². The number of likely N-dealkylation sites (N-methyl/N-ethyl adjacent to an activating group) is 2. The third-order valence-corrected chi connectivity index (χ3v) is 4.22. The summed E-state index contributed by atoms with van der Waals surface area (Å²) in [6, 6.07) is 3.27. The third-order valence-electron chi connectivity index (χ3n) is 4.22. The number of ether oxygens (including phenoxy) is 2. The summed E-state index contributed by atoms with van der Waals surface area (Å²) in [4.78, 5) is 32.5. The van der Waals surface area contributed by atoms with Gasteiger partial charge in [0.2, 0.25) is 18.2 Å². The molecule has 0 aliphatic carbocycles. The second-order valence-electron chi connectivity index (χ2n) is 5.74. The lowest BCUT2D eigenvalue weighted by molar-refractivity contribution is -0.128. The van der Waals surface area contributed by atoms with Gasteiger partial charge in [0.1, 0.15) is 5.82 Å². The molecule has 0 radical (unpaired) electrons. The molecule has 10 heteroatoms. The maximum absolute atomic E-state index is 12.2. The molecule has 0 saturated carbocycles. The summed E-state index contributed by atoms with van der Waals surface area (Å²) in [6.45, 7) is 0. The number of carbonyl (C=O) groups is 2. The summed E-state index contributed by atoms with van der Waals surface area (Å²) < 4.78 is 11.6. The molecule has 4 bridgehead atoms. The van der Waals surface area contributed by atoms with E-state index >= 15 is 0 Å². The van der Waals surface area contributed by atoms with Crippen molar-refractivity contribution in [3.05, 3.63) is 29.5 Å². The van der Waals surface area contributed by atoms with Crippen molar-refractivity contribution in [3.63, 3.8) is 0 Å². The minimum atomic E-state index is -0.882. The van der Waals surface area contributed by atoms with E-state index in [2.05, 4.69) is 25.9 Å². The van der Waals surface area contributed by atoms with Gasteiger partial charge in [-0.05, 0) is 12.1 Å². The molecule has 2 unspecified atom stereocenters. The summed E-state index contributed by atoms with van der Waals surface area (Å²) in [5.41, 5.74) is 7.28. The average molecular weight is 356 g/mol. The molecule has 2 aliphatic heterocycles. The molecule has 2 amide bonds. The van der Waals surface area contributed by atoms with E-state index in [1.165, 1.54) is 20.3 Å². The first-order valence-corrected chi connectivity index (χ1v) is 7.86. The fraction of sp³-hybridized carbons (Fsp3) is 0.250. The number of hydrogen-bond acceptors (Lipinski definition) is 8. The average Bonchev–Trinajstić information content (AvgIpc) is 3.08.